The minimum absolute atomic E-state index is 0.0427. The van der Waals surface area contributed by atoms with Crippen molar-refractivity contribution in [3.8, 4) is 11.8 Å². The molecule has 1 heterocycles. The van der Waals surface area contributed by atoms with Crippen molar-refractivity contribution in [1.82, 2.24) is 0 Å². The summed E-state index contributed by atoms with van der Waals surface area (Å²) in [5.74, 6) is 5.44. The van der Waals surface area contributed by atoms with Crippen molar-refractivity contribution in [3.63, 3.8) is 0 Å². The standard InChI is InChI=1S/C25H26FNOS/c1-6-8-17-13-19-18-12-16(9-10-21(18)29-22(19)14-20(17)26)15(3)11-24(28)25(4,5)23(27)7-2/h9-10,12-15,27H,7,11H2,1-5H3. The van der Waals surface area contributed by atoms with Crippen LogP contribution in [0.3, 0.4) is 0 Å². The molecule has 0 aliphatic carbocycles. The van der Waals surface area contributed by atoms with E-state index in [2.05, 4.69) is 30.0 Å². The monoisotopic (exact) mass is 407 g/mol. The van der Waals surface area contributed by atoms with E-state index in [1.165, 1.54) is 0 Å². The highest BCUT2D eigenvalue weighted by atomic mass is 32.1. The molecule has 0 aliphatic heterocycles. The number of halogens is 1. The van der Waals surface area contributed by atoms with Gasteiger partial charge in [-0.25, -0.2) is 4.39 Å². The quantitative estimate of drug-likeness (QED) is 0.344. The molecule has 150 valence electrons. The van der Waals surface area contributed by atoms with Gasteiger partial charge in [-0.3, -0.25) is 4.79 Å². The van der Waals surface area contributed by atoms with Gasteiger partial charge in [-0.15, -0.1) is 17.3 Å². The van der Waals surface area contributed by atoms with Crippen LogP contribution in [0.15, 0.2) is 30.3 Å². The Labute approximate surface area is 175 Å². The minimum atomic E-state index is -0.729. The van der Waals surface area contributed by atoms with Gasteiger partial charge in [-0.1, -0.05) is 25.8 Å². The van der Waals surface area contributed by atoms with Gasteiger partial charge in [-0.05, 0) is 62.9 Å². The van der Waals surface area contributed by atoms with Gasteiger partial charge in [0.05, 0.1) is 11.0 Å². The van der Waals surface area contributed by atoms with Crippen LogP contribution >= 0.6 is 11.3 Å². The lowest BCUT2D eigenvalue weighted by atomic mass is 9.77. The van der Waals surface area contributed by atoms with Gasteiger partial charge in [0.15, 0.2) is 0 Å². The van der Waals surface area contributed by atoms with Gasteiger partial charge in [0.1, 0.15) is 11.6 Å². The van der Waals surface area contributed by atoms with Crippen LogP contribution in [-0.4, -0.2) is 11.5 Å². The Balaban J connectivity index is 1.98. The van der Waals surface area contributed by atoms with Gasteiger partial charge in [0, 0.05) is 32.3 Å². The lowest BCUT2D eigenvalue weighted by Gasteiger charge is -2.25. The maximum absolute atomic E-state index is 14.2. The van der Waals surface area contributed by atoms with Crippen molar-refractivity contribution in [2.24, 2.45) is 5.41 Å². The first-order valence-corrected chi connectivity index (χ1v) is 10.7. The van der Waals surface area contributed by atoms with Gasteiger partial charge in [0.25, 0.3) is 0 Å². The van der Waals surface area contributed by atoms with Crippen LogP contribution in [-0.2, 0) is 4.79 Å². The number of rotatable bonds is 6. The molecule has 3 rings (SSSR count). The second-order valence-electron chi connectivity index (χ2n) is 8.05. The third-order valence-corrected chi connectivity index (χ3v) is 6.84. The number of carbonyl (C=O) groups excluding carboxylic acids is 1. The van der Waals surface area contributed by atoms with Crippen LogP contribution in [0, 0.1) is 28.5 Å². The smallest absolute Gasteiger partial charge is 0.144 e. The van der Waals surface area contributed by atoms with Crippen molar-refractivity contribution < 1.29 is 9.18 Å². The predicted molar refractivity (Wildman–Crippen MR) is 122 cm³/mol. The van der Waals surface area contributed by atoms with Crippen molar-refractivity contribution in [3.05, 3.63) is 47.3 Å². The summed E-state index contributed by atoms with van der Waals surface area (Å²) in [5, 5.41) is 10.2. The van der Waals surface area contributed by atoms with Gasteiger partial charge < -0.3 is 5.41 Å². The number of carbonyl (C=O) groups is 1. The molecule has 0 radical (unpaired) electrons. The Kier molecular flexibility index (Phi) is 5.91. The van der Waals surface area contributed by atoms with Crippen LogP contribution in [0.5, 0.6) is 0 Å². The average Bonchev–Trinajstić information content (AvgIpc) is 3.03. The highest BCUT2D eigenvalue weighted by Gasteiger charge is 2.32. The molecule has 0 saturated carbocycles. The zero-order valence-corrected chi connectivity index (χ0v) is 18.4. The summed E-state index contributed by atoms with van der Waals surface area (Å²) in [4.78, 5) is 12.8. The number of Topliss-reactive ketones (excluding diaryl/α,β-unsaturated/α-hetero) is 1. The zero-order chi connectivity index (χ0) is 21.3. The molecule has 1 N–H and O–H groups in total. The Bertz CT molecular complexity index is 1180. The van der Waals surface area contributed by atoms with E-state index in [1.54, 1.807) is 24.3 Å². The first-order valence-electron chi connectivity index (χ1n) is 9.88. The molecule has 4 heteroatoms. The summed E-state index contributed by atoms with van der Waals surface area (Å²) in [5.41, 5.74) is 1.23. The van der Waals surface area contributed by atoms with Crippen molar-refractivity contribution >= 4 is 43.0 Å². The number of ketones is 1. The zero-order valence-electron chi connectivity index (χ0n) is 17.6. The predicted octanol–water partition coefficient (Wildman–Crippen LogP) is 7.08. The average molecular weight is 408 g/mol. The second-order valence-corrected chi connectivity index (χ2v) is 9.13. The third kappa shape index (κ3) is 3.97. The normalized spacial score (nSPS) is 12.6. The Morgan fingerprint density at radius 3 is 2.55 bits per heavy atom. The summed E-state index contributed by atoms with van der Waals surface area (Å²) >= 11 is 1.56. The fraction of sp³-hybridized carbons (Fsp3) is 0.360. The van der Waals surface area contributed by atoms with Crippen LogP contribution in [0.2, 0.25) is 0 Å². The van der Waals surface area contributed by atoms with Crippen LogP contribution in [0.4, 0.5) is 4.39 Å². The largest absolute Gasteiger partial charge is 0.309 e. The Morgan fingerprint density at radius 1 is 1.21 bits per heavy atom. The van der Waals surface area contributed by atoms with E-state index in [-0.39, 0.29) is 17.5 Å². The van der Waals surface area contributed by atoms with E-state index in [0.29, 0.717) is 24.1 Å². The molecule has 2 nitrogen and oxygen atoms in total. The van der Waals surface area contributed by atoms with Crippen LogP contribution in [0.1, 0.15) is 64.5 Å². The van der Waals surface area contributed by atoms with Crippen molar-refractivity contribution in [2.75, 3.05) is 0 Å². The Morgan fingerprint density at radius 2 is 1.90 bits per heavy atom. The van der Waals surface area contributed by atoms with Crippen LogP contribution < -0.4 is 0 Å². The van der Waals surface area contributed by atoms with Crippen LogP contribution in [0.25, 0.3) is 20.2 Å². The van der Waals surface area contributed by atoms with E-state index in [1.807, 2.05) is 33.8 Å². The molecule has 2 aromatic carbocycles. The summed E-state index contributed by atoms with van der Waals surface area (Å²) in [7, 11) is 0. The first kappa shape index (κ1) is 21.2. The number of nitrogens with one attached hydrogen (secondary N) is 1. The summed E-state index contributed by atoms with van der Waals surface area (Å²) in [6.07, 6.45) is 0.976. The summed E-state index contributed by atoms with van der Waals surface area (Å²) in [6.45, 7) is 9.35. The molecule has 1 aromatic heterocycles. The molecule has 1 atom stereocenters. The van der Waals surface area contributed by atoms with E-state index in [9.17, 15) is 9.18 Å². The molecule has 0 saturated heterocycles. The van der Waals surface area contributed by atoms with E-state index in [4.69, 9.17) is 5.41 Å². The SMILES string of the molecule is CC#Cc1cc2c(cc1F)sc1ccc(C(C)CC(=O)C(C)(C)C(=N)CC)cc12. The molecule has 0 fully saturated rings. The fourth-order valence-electron chi connectivity index (χ4n) is 3.61. The third-order valence-electron chi connectivity index (χ3n) is 5.71. The molecule has 1 unspecified atom stereocenters. The lowest BCUT2D eigenvalue weighted by Crippen LogP contribution is -2.33. The van der Waals surface area contributed by atoms with E-state index < -0.39 is 5.41 Å². The van der Waals surface area contributed by atoms with Gasteiger partial charge in [-0.2, -0.15) is 0 Å². The fourth-order valence-corrected chi connectivity index (χ4v) is 4.71. The maximum atomic E-state index is 14.2. The topological polar surface area (TPSA) is 40.9 Å². The summed E-state index contributed by atoms with van der Waals surface area (Å²) in [6, 6.07) is 9.61. The highest BCUT2D eigenvalue weighted by Crippen LogP contribution is 2.37. The van der Waals surface area contributed by atoms with E-state index >= 15 is 0 Å². The molecule has 0 bridgehead atoms. The molecule has 0 spiro atoms. The van der Waals surface area contributed by atoms with Crippen molar-refractivity contribution in [1.29, 1.82) is 5.41 Å². The highest BCUT2D eigenvalue weighted by molar-refractivity contribution is 7.25. The number of fused-ring (bicyclic) bond motifs is 3. The molecular weight excluding hydrogens is 381 g/mol. The number of thiophene rings is 1. The van der Waals surface area contributed by atoms with Crippen molar-refractivity contribution in [2.45, 2.75) is 53.4 Å². The number of hydrogen-bond acceptors (Lipinski definition) is 3. The Hall–Kier alpha value is -2.51. The molecule has 29 heavy (non-hydrogen) atoms. The molecular formula is C25H26FNOS. The number of benzene rings is 2. The second kappa shape index (κ2) is 8.08. The lowest BCUT2D eigenvalue weighted by molar-refractivity contribution is -0.124. The summed E-state index contributed by atoms with van der Waals surface area (Å²) < 4.78 is 16.2. The molecule has 3 aromatic rings. The maximum Gasteiger partial charge on any atom is 0.144 e. The number of hydrogen-bond donors (Lipinski definition) is 1. The van der Waals surface area contributed by atoms with Gasteiger partial charge >= 0.3 is 0 Å². The minimum Gasteiger partial charge on any atom is -0.309 e. The molecule has 0 aliphatic rings. The van der Waals surface area contributed by atoms with Gasteiger partial charge in [0.2, 0.25) is 0 Å². The molecule has 0 amide bonds. The first-order chi connectivity index (χ1) is 13.7. The van der Waals surface area contributed by atoms with E-state index in [0.717, 1.165) is 25.7 Å².